The van der Waals surface area contributed by atoms with Gasteiger partial charge in [0.2, 0.25) is 0 Å². The molecule has 4 bridgehead atoms. The van der Waals surface area contributed by atoms with Crippen LogP contribution in [0.15, 0.2) is 6.20 Å². The largest absolute Gasteiger partial charge is 0.336 e. The Morgan fingerprint density at radius 2 is 1.82 bits per heavy atom. The molecule has 0 spiro atoms. The first-order chi connectivity index (χ1) is 10.5. The van der Waals surface area contributed by atoms with E-state index in [4.69, 9.17) is 0 Å². The van der Waals surface area contributed by atoms with Crippen LogP contribution in [-0.4, -0.2) is 33.2 Å². The van der Waals surface area contributed by atoms with Crippen LogP contribution < -0.4 is 0 Å². The van der Waals surface area contributed by atoms with E-state index in [0.29, 0.717) is 0 Å². The predicted octanol–water partition coefficient (Wildman–Crippen LogP) is 3.25. The predicted molar refractivity (Wildman–Crippen MR) is 85.6 cm³/mol. The molecule has 0 aromatic carbocycles. The summed E-state index contributed by atoms with van der Waals surface area (Å²) in [7, 11) is 2.04. The molecule has 0 unspecified atom stereocenters. The highest BCUT2D eigenvalue weighted by Gasteiger charge is 2.53. The summed E-state index contributed by atoms with van der Waals surface area (Å²) in [5.41, 5.74) is 1.93. The van der Waals surface area contributed by atoms with Crippen LogP contribution in [0.2, 0.25) is 0 Å². The lowest BCUT2D eigenvalue weighted by Gasteiger charge is -2.59. The minimum atomic E-state index is 0.132. The van der Waals surface area contributed by atoms with Crippen LogP contribution in [0, 0.1) is 24.7 Å². The quantitative estimate of drug-likeness (QED) is 0.859. The minimum absolute atomic E-state index is 0.132. The molecule has 0 atom stereocenters. The molecule has 120 valence electrons. The first kappa shape index (κ1) is 14.3. The van der Waals surface area contributed by atoms with Crippen molar-refractivity contribution < 1.29 is 4.79 Å². The number of aromatic nitrogens is 2. The van der Waals surface area contributed by atoms with Crippen LogP contribution >= 0.6 is 0 Å². The summed E-state index contributed by atoms with van der Waals surface area (Å²) in [5, 5.41) is 4.35. The van der Waals surface area contributed by atoms with Gasteiger partial charge in [0, 0.05) is 24.8 Å². The van der Waals surface area contributed by atoms with Crippen molar-refractivity contribution in [1.29, 1.82) is 0 Å². The zero-order chi connectivity index (χ0) is 15.5. The molecular weight excluding hydrogens is 274 g/mol. The van der Waals surface area contributed by atoms with Gasteiger partial charge in [-0.3, -0.25) is 9.48 Å². The molecular formula is C18H27N3O. The molecule has 4 heteroatoms. The van der Waals surface area contributed by atoms with Gasteiger partial charge >= 0.3 is 0 Å². The number of nitrogens with zero attached hydrogens (tertiary/aromatic N) is 3. The second-order valence-electron chi connectivity index (χ2n) is 7.97. The zero-order valence-corrected chi connectivity index (χ0v) is 14.0. The third kappa shape index (κ3) is 1.95. The summed E-state index contributed by atoms with van der Waals surface area (Å²) in [5.74, 6) is 2.77. The summed E-state index contributed by atoms with van der Waals surface area (Å²) in [6.07, 6.45) is 9.67. The molecule has 1 aromatic rings. The molecule has 4 aliphatic carbocycles. The fourth-order valence-corrected chi connectivity index (χ4v) is 5.85. The second-order valence-corrected chi connectivity index (χ2v) is 7.97. The Balaban J connectivity index is 1.62. The van der Waals surface area contributed by atoms with E-state index in [1.54, 1.807) is 6.20 Å². The Hall–Kier alpha value is -1.32. The second kappa shape index (κ2) is 4.84. The maximum atomic E-state index is 13.1. The number of carbonyl (C=O) groups excluding carboxylic acids is 1. The molecule has 4 nitrogen and oxygen atoms in total. The Kier molecular flexibility index (Phi) is 3.14. The highest BCUT2D eigenvalue weighted by molar-refractivity contribution is 5.95. The van der Waals surface area contributed by atoms with Gasteiger partial charge in [-0.05, 0) is 70.1 Å². The third-order valence-corrected chi connectivity index (χ3v) is 6.66. The van der Waals surface area contributed by atoms with E-state index in [0.717, 1.165) is 35.6 Å². The van der Waals surface area contributed by atoms with Gasteiger partial charge in [-0.1, -0.05) is 0 Å². The lowest BCUT2D eigenvalue weighted by Crippen LogP contribution is -2.60. The fraction of sp³-hybridized carbons (Fsp3) is 0.778. The van der Waals surface area contributed by atoms with Crippen molar-refractivity contribution in [2.45, 2.75) is 64.5 Å². The Labute approximate surface area is 132 Å². The Morgan fingerprint density at radius 3 is 2.27 bits per heavy atom. The minimum Gasteiger partial charge on any atom is -0.336 e. The van der Waals surface area contributed by atoms with Crippen molar-refractivity contribution in [1.82, 2.24) is 14.7 Å². The van der Waals surface area contributed by atoms with Crippen LogP contribution in [0.4, 0.5) is 0 Å². The molecule has 4 aliphatic rings. The zero-order valence-electron chi connectivity index (χ0n) is 14.0. The van der Waals surface area contributed by atoms with E-state index in [9.17, 15) is 4.79 Å². The van der Waals surface area contributed by atoms with Gasteiger partial charge in [0.05, 0.1) is 11.8 Å². The van der Waals surface area contributed by atoms with Crippen molar-refractivity contribution in [3.8, 4) is 0 Å². The van der Waals surface area contributed by atoms with Crippen molar-refractivity contribution in [2.75, 3.05) is 7.05 Å². The van der Waals surface area contributed by atoms with E-state index in [-0.39, 0.29) is 11.4 Å². The Bertz CT molecular complexity index is 568. The molecule has 0 N–H and O–H groups in total. The van der Waals surface area contributed by atoms with Crippen molar-refractivity contribution >= 4 is 5.91 Å². The van der Waals surface area contributed by atoms with E-state index < -0.39 is 0 Å². The van der Waals surface area contributed by atoms with E-state index in [2.05, 4.69) is 16.9 Å². The molecule has 5 rings (SSSR count). The molecule has 0 aliphatic heterocycles. The number of carbonyl (C=O) groups is 1. The lowest BCUT2D eigenvalue weighted by molar-refractivity contribution is -0.0665. The van der Waals surface area contributed by atoms with Gasteiger partial charge in [-0.15, -0.1) is 0 Å². The van der Waals surface area contributed by atoms with Gasteiger partial charge < -0.3 is 4.90 Å². The molecule has 1 amide bonds. The number of rotatable bonds is 3. The van der Waals surface area contributed by atoms with Crippen molar-refractivity contribution in [2.24, 2.45) is 17.8 Å². The van der Waals surface area contributed by atoms with Crippen molar-refractivity contribution in [3.63, 3.8) is 0 Å². The van der Waals surface area contributed by atoms with Crippen LogP contribution in [0.25, 0.3) is 0 Å². The average molecular weight is 301 g/mol. The molecule has 0 saturated heterocycles. The summed E-state index contributed by atoms with van der Waals surface area (Å²) in [4.78, 5) is 15.2. The maximum Gasteiger partial charge on any atom is 0.257 e. The fourth-order valence-electron chi connectivity index (χ4n) is 5.85. The highest BCUT2D eigenvalue weighted by Crippen LogP contribution is 2.57. The van der Waals surface area contributed by atoms with Crippen molar-refractivity contribution in [3.05, 3.63) is 17.5 Å². The SMILES string of the molecule is CCn1ncc(C(=O)N(C)C23CC4CC(CC(C4)C2)C3)c1C. The first-order valence-electron chi connectivity index (χ1n) is 8.83. The van der Waals surface area contributed by atoms with Gasteiger partial charge in [0.1, 0.15) is 0 Å². The summed E-state index contributed by atoms with van der Waals surface area (Å²) < 4.78 is 1.92. The van der Waals surface area contributed by atoms with E-state index in [1.165, 1.54) is 38.5 Å². The number of hydrogen-bond acceptors (Lipinski definition) is 2. The van der Waals surface area contributed by atoms with Gasteiger partial charge in [0.15, 0.2) is 0 Å². The number of hydrogen-bond donors (Lipinski definition) is 0. The van der Waals surface area contributed by atoms with Crippen LogP contribution in [0.1, 0.15) is 61.5 Å². The van der Waals surface area contributed by atoms with Crippen LogP contribution in [0.3, 0.4) is 0 Å². The van der Waals surface area contributed by atoms with E-state index in [1.807, 2.05) is 18.7 Å². The first-order valence-corrected chi connectivity index (χ1v) is 8.83. The lowest BCUT2D eigenvalue weighted by atomic mass is 9.52. The topological polar surface area (TPSA) is 38.1 Å². The number of amides is 1. The summed E-state index contributed by atoms with van der Waals surface area (Å²) in [6, 6.07) is 0. The summed E-state index contributed by atoms with van der Waals surface area (Å²) >= 11 is 0. The molecule has 0 radical (unpaired) electrons. The standard InChI is InChI=1S/C18H27N3O/c1-4-21-12(2)16(11-19-21)17(22)20(3)18-8-13-5-14(9-18)7-15(6-13)10-18/h11,13-15H,4-10H2,1-3H3. The monoisotopic (exact) mass is 301 g/mol. The van der Waals surface area contributed by atoms with Gasteiger partial charge in [-0.2, -0.15) is 5.10 Å². The summed E-state index contributed by atoms with van der Waals surface area (Å²) in [6.45, 7) is 4.90. The Morgan fingerprint density at radius 1 is 1.27 bits per heavy atom. The molecule has 4 fully saturated rings. The average Bonchev–Trinajstić information content (AvgIpc) is 2.85. The maximum absolute atomic E-state index is 13.1. The molecule has 1 aromatic heterocycles. The van der Waals surface area contributed by atoms with E-state index >= 15 is 0 Å². The van der Waals surface area contributed by atoms with Crippen LogP contribution in [0.5, 0.6) is 0 Å². The van der Waals surface area contributed by atoms with Gasteiger partial charge in [0.25, 0.3) is 5.91 Å². The molecule has 1 heterocycles. The normalized spacial score (nSPS) is 35.9. The van der Waals surface area contributed by atoms with Gasteiger partial charge in [-0.25, -0.2) is 0 Å². The molecule has 22 heavy (non-hydrogen) atoms. The highest BCUT2D eigenvalue weighted by atomic mass is 16.2. The molecule has 4 saturated carbocycles. The third-order valence-electron chi connectivity index (χ3n) is 6.66. The van der Waals surface area contributed by atoms with Crippen LogP contribution in [-0.2, 0) is 6.54 Å². The smallest absolute Gasteiger partial charge is 0.257 e. The number of aryl methyl sites for hydroxylation is 1.